The van der Waals surface area contributed by atoms with E-state index in [1.807, 2.05) is 0 Å². The highest BCUT2D eigenvalue weighted by atomic mass is 32.2. The summed E-state index contributed by atoms with van der Waals surface area (Å²) in [6.07, 6.45) is 27.7. The summed E-state index contributed by atoms with van der Waals surface area (Å²) < 4.78 is 0. The summed E-state index contributed by atoms with van der Waals surface area (Å²) in [6, 6.07) is 0. The first kappa shape index (κ1) is 25.8. The number of carboxylic acid groups (broad SMARTS) is 1. The number of unbranched alkanes of at least 4 members (excludes halogenated alkanes) is 19. The van der Waals surface area contributed by atoms with E-state index in [4.69, 9.17) is 5.11 Å². The van der Waals surface area contributed by atoms with Gasteiger partial charge in [-0.05, 0) is 18.2 Å². The Kier molecular flexibility index (Phi) is 22.7. The fraction of sp³-hybridized carbons (Fsp3) is 0.957. The zero-order chi connectivity index (χ0) is 19.1. The van der Waals surface area contributed by atoms with E-state index in [1.165, 1.54) is 122 Å². The average molecular weight is 387 g/mol. The molecule has 0 aromatic heterocycles. The molecule has 3 heteroatoms. The normalized spacial score (nSPS) is 11.1. The van der Waals surface area contributed by atoms with E-state index in [9.17, 15) is 4.79 Å². The maximum Gasteiger partial charge on any atom is 0.364 e. The lowest BCUT2D eigenvalue weighted by Gasteiger charge is -2.04. The highest BCUT2D eigenvalue weighted by Crippen LogP contribution is 2.15. The summed E-state index contributed by atoms with van der Waals surface area (Å²) in [7, 11) is 0. The fourth-order valence-electron chi connectivity index (χ4n) is 3.52. The van der Waals surface area contributed by atoms with Gasteiger partial charge in [0.15, 0.2) is 0 Å². The first-order valence-corrected chi connectivity index (χ1v) is 12.6. The first-order valence-electron chi connectivity index (χ1n) is 11.6. The third-order valence-electron chi connectivity index (χ3n) is 5.22. The van der Waals surface area contributed by atoms with Gasteiger partial charge in [0, 0.05) is 5.75 Å². The molecular weight excluding hydrogens is 340 g/mol. The van der Waals surface area contributed by atoms with E-state index in [0.717, 1.165) is 23.9 Å². The van der Waals surface area contributed by atoms with Crippen LogP contribution in [-0.2, 0) is 0 Å². The van der Waals surface area contributed by atoms with Crippen LogP contribution in [0.2, 0.25) is 0 Å². The Morgan fingerprint density at radius 3 is 1.08 bits per heavy atom. The highest BCUT2D eigenvalue weighted by molar-refractivity contribution is 8.13. The van der Waals surface area contributed by atoms with Crippen LogP contribution >= 0.6 is 11.8 Å². The van der Waals surface area contributed by atoms with Gasteiger partial charge in [-0.2, -0.15) is 0 Å². The zero-order valence-corrected chi connectivity index (χ0v) is 18.4. The second-order valence-corrected chi connectivity index (χ2v) is 8.88. The molecule has 1 N–H and O–H groups in total. The molecule has 0 saturated heterocycles. The molecular formula is C23H46O2S. The molecule has 0 aromatic rings. The van der Waals surface area contributed by atoms with Crippen LogP contribution in [0.3, 0.4) is 0 Å². The van der Waals surface area contributed by atoms with Crippen LogP contribution in [0.5, 0.6) is 0 Å². The summed E-state index contributed by atoms with van der Waals surface area (Å²) >= 11 is 1.04. The van der Waals surface area contributed by atoms with Gasteiger partial charge in [0.05, 0.1) is 0 Å². The van der Waals surface area contributed by atoms with Gasteiger partial charge in [-0.25, -0.2) is 4.79 Å². The molecule has 2 nitrogen and oxygen atoms in total. The Balaban J connectivity index is 2.98. The Bertz CT molecular complexity index is 281. The standard InChI is InChI=1S/C23H46O2S/c1-2-3-4-5-6-7-8-9-10-11-12-13-14-15-16-17-18-19-20-21-22-26-23(24)25/h2-22H2,1H3,(H,24,25). The van der Waals surface area contributed by atoms with E-state index in [-0.39, 0.29) is 0 Å². The van der Waals surface area contributed by atoms with E-state index in [1.54, 1.807) is 0 Å². The van der Waals surface area contributed by atoms with Gasteiger partial charge < -0.3 is 5.11 Å². The van der Waals surface area contributed by atoms with Gasteiger partial charge in [-0.3, -0.25) is 0 Å². The predicted molar refractivity (Wildman–Crippen MR) is 118 cm³/mol. The van der Waals surface area contributed by atoms with Crippen LogP contribution < -0.4 is 0 Å². The Hall–Kier alpha value is -0.180. The summed E-state index contributed by atoms with van der Waals surface area (Å²) in [5.74, 6) is 0.772. The average Bonchev–Trinajstić information content (AvgIpc) is 2.62. The van der Waals surface area contributed by atoms with Gasteiger partial charge in [-0.1, -0.05) is 129 Å². The lowest BCUT2D eigenvalue weighted by atomic mass is 10.0. The van der Waals surface area contributed by atoms with Crippen molar-refractivity contribution in [1.29, 1.82) is 0 Å². The molecule has 0 bridgehead atoms. The molecule has 0 aliphatic rings. The zero-order valence-electron chi connectivity index (χ0n) is 17.6. The fourth-order valence-corrected chi connectivity index (χ4v) is 4.04. The third kappa shape index (κ3) is 23.8. The predicted octanol–water partition coefficient (Wildman–Crippen LogP) is 9.22. The van der Waals surface area contributed by atoms with Crippen molar-refractivity contribution in [2.75, 3.05) is 5.75 Å². The summed E-state index contributed by atoms with van der Waals surface area (Å²) in [5.41, 5.74) is 0. The molecule has 0 heterocycles. The summed E-state index contributed by atoms with van der Waals surface area (Å²) in [5, 5.41) is 7.80. The van der Waals surface area contributed by atoms with Gasteiger partial charge in [-0.15, -0.1) is 0 Å². The molecule has 0 rings (SSSR count). The minimum absolute atomic E-state index is 0.734. The molecule has 0 radical (unpaired) electrons. The Morgan fingerprint density at radius 2 is 0.808 bits per heavy atom. The minimum atomic E-state index is -0.734. The van der Waals surface area contributed by atoms with Crippen LogP contribution in [0.15, 0.2) is 0 Å². The molecule has 0 aliphatic heterocycles. The Morgan fingerprint density at radius 1 is 0.538 bits per heavy atom. The van der Waals surface area contributed by atoms with Crippen molar-refractivity contribution in [2.45, 2.75) is 135 Å². The topological polar surface area (TPSA) is 37.3 Å². The molecule has 26 heavy (non-hydrogen) atoms. The second-order valence-electron chi connectivity index (χ2n) is 7.83. The third-order valence-corrected chi connectivity index (χ3v) is 5.96. The monoisotopic (exact) mass is 386 g/mol. The number of hydrogen-bond acceptors (Lipinski definition) is 2. The van der Waals surface area contributed by atoms with Crippen LogP contribution in [0.25, 0.3) is 0 Å². The van der Waals surface area contributed by atoms with E-state index in [2.05, 4.69) is 6.92 Å². The van der Waals surface area contributed by atoms with Crippen molar-refractivity contribution in [2.24, 2.45) is 0 Å². The molecule has 156 valence electrons. The highest BCUT2D eigenvalue weighted by Gasteiger charge is 1.97. The molecule has 0 fully saturated rings. The lowest BCUT2D eigenvalue weighted by Crippen LogP contribution is -1.88. The van der Waals surface area contributed by atoms with Crippen LogP contribution in [-0.4, -0.2) is 16.2 Å². The molecule has 0 unspecified atom stereocenters. The van der Waals surface area contributed by atoms with Gasteiger partial charge in [0.25, 0.3) is 0 Å². The van der Waals surface area contributed by atoms with Gasteiger partial charge in [0.1, 0.15) is 0 Å². The van der Waals surface area contributed by atoms with Crippen molar-refractivity contribution >= 4 is 17.1 Å². The van der Waals surface area contributed by atoms with Crippen molar-refractivity contribution < 1.29 is 9.90 Å². The van der Waals surface area contributed by atoms with Crippen molar-refractivity contribution in [3.05, 3.63) is 0 Å². The number of carbonyl (C=O) groups is 1. The van der Waals surface area contributed by atoms with E-state index >= 15 is 0 Å². The minimum Gasteiger partial charge on any atom is -0.473 e. The summed E-state index contributed by atoms with van der Waals surface area (Å²) in [4.78, 5) is 10.4. The van der Waals surface area contributed by atoms with Crippen LogP contribution in [0.4, 0.5) is 4.79 Å². The van der Waals surface area contributed by atoms with Crippen LogP contribution in [0, 0.1) is 0 Å². The lowest BCUT2D eigenvalue weighted by molar-refractivity contribution is 0.222. The van der Waals surface area contributed by atoms with Gasteiger partial charge in [0.2, 0.25) is 0 Å². The van der Waals surface area contributed by atoms with Crippen molar-refractivity contribution in [3.63, 3.8) is 0 Å². The molecule has 0 spiro atoms. The SMILES string of the molecule is CCCCCCCCCCCCCCCCCCCCCCSC(=O)O. The Labute approximate surface area is 168 Å². The molecule has 0 atom stereocenters. The maximum absolute atomic E-state index is 10.4. The number of thioether (sulfide) groups is 1. The molecule has 0 aliphatic carbocycles. The molecule has 0 aromatic carbocycles. The van der Waals surface area contributed by atoms with Crippen LogP contribution in [0.1, 0.15) is 135 Å². The largest absolute Gasteiger partial charge is 0.473 e. The van der Waals surface area contributed by atoms with Gasteiger partial charge >= 0.3 is 5.30 Å². The second kappa shape index (κ2) is 22.9. The quantitative estimate of drug-likeness (QED) is 0.200. The maximum atomic E-state index is 10.4. The van der Waals surface area contributed by atoms with E-state index < -0.39 is 5.30 Å². The van der Waals surface area contributed by atoms with E-state index in [0.29, 0.717) is 0 Å². The summed E-state index contributed by atoms with van der Waals surface area (Å²) in [6.45, 7) is 2.29. The first-order chi connectivity index (χ1) is 12.8. The van der Waals surface area contributed by atoms with Crippen molar-refractivity contribution in [3.8, 4) is 0 Å². The number of rotatable bonds is 21. The number of hydrogen-bond donors (Lipinski definition) is 1. The molecule has 0 saturated carbocycles. The smallest absolute Gasteiger partial charge is 0.364 e. The molecule has 0 amide bonds. The van der Waals surface area contributed by atoms with Crippen molar-refractivity contribution in [1.82, 2.24) is 0 Å².